The Bertz CT molecular complexity index is 853. The number of para-hydroxylation sites is 2. The minimum absolute atomic E-state index is 0.0845. The van der Waals surface area contributed by atoms with Crippen molar-refractivity contribution < 1.29 is 8.81 Å². The molecule has 0 amide bonds. The van der Waals surface area contributed by atoms with Gasteiger partial charge in [0.05, 0.1) is 23.3 Å². The second-order valence-electron chi connectivity index (χ2n) is 6.34. The molecule has 0 atom stereocenters. The first-order valence-electron chi connectivity index (χ1n) is 7.36. The summed E-state index contributed by atoms with van der Waals surface area (Å²) in [6, 6.07) is 13.3. The van der Waals surface area contributed by atoms with Crippen LogP contribution in [0.4, 0.5) is 21.5 Å². The quantitative estimate of drug-likeness (QED) is 0.691. The van der Waals surface area contributed by atoms with Crippen molar-refractivity contribution in [2.24, 2.45) is 0 Å². The zero-order valence-corrected chi connectivity index (χ0v) is 12.6. The molecule has 1 N–H and O–H groups in total. The van der Waals surface area contributed by atoms with Crippen LogP contribution in [-0.4, -0.2) is 12.1 Å². The van der Waals surface area contributed by atoms with Gasteiger partial charge in [-0.05, 0) is 44.2 Å². The second-order valence-corrected chi connectivity index (χ2v) is 6.34. The van der Waals surface area contributed by atoms with Gasteiger partial charge in [0.1, 0.15) is 0 Å². The molecule has 0 fully saturated rings. The number of hydrogen-bond acceptors (Lipinski definition) is 3. The standard InChI is InChI=1S/C18H17FN2O/c1-18(2)11-21(16-6-4-3-5-14(16)20-18)15-8-7-13(19)17-12(15)9-10-22-17/h3-10,20H,11H2,1-2H3. The lowest BCUT2D eigenvalue weighted by Crippen LogP contribution is -2.46. The van der Waals surface area contributed by atoms with Crippen LogP contribution in [-0.2, 0) is 0 Å². The highest BCUT2D eigenvalue weighted by atomic mass is 19.1. The Hall–Kier alpha value is -2.49. The normalized spacial score (nSPS) is 16.4. The van der Waals surface area contributed by atoms with Crippen LogP contribution >= 0.6 is 0 Å². The summed E-state index contributed by atoms with van der Waals surface area (Å²) in [5, 5.41) is 4.35. The average Bonchev–Trinajstić information content (AvgIpc) is 2.96. The molecule has 0 saturated heterocycles. The first-order chi connectivity index (χ1) is 10.6. The van der Waals surface area contributed by atoms with E-state index in [0.29, 0.717) is 5.58 Å². The molecule has 22 heavy (non-hydrogen) atoms. The molecule has 0 aliphatic carbocycles. The van der Waals surface area contributed by atoms with Crippen molar-refractivity contribution in [2.45, 2.75) is 19.4 Å². The Morgan fingerprint density at radius 3 is 2.77 bits per heavy atom. The molecule has 4 rings (SSSR count). The highest BCUT2D eigenvalue weighted by molar-refractivity contribution is 5.95. The van der Waals surface area contributed by atoms with Gasteiger partial charge >= 0.3 is 0 Å². The summed E-state index contributed by atoms with van der Waals surface area (Å²) in [7, 11) is 0. The summed E-state index contributed by atoms with van der Waals surface area (Å²) >= 11 is 0. The third-order valence-corrected chi connectivity index (χ3v) is 4.06. The number of nitrogens with one attached hydrogen (secondary N) is 1. The topological polar surface area (TPSA) is 28.4 Å². The van der Waals surface area contributed by atoms with Gasteiger partial charge in [-0.25, -0.2) is 4.39 Å². The van der Waals surface area contributed by atoms with Gasteiger partial charge in [0, 0.05) is 17.5 Å². The molecule has 2 heterocycles. The summed E-state index contributed by atoms with van der Waals surface area (Å²) in [4.78, 5) is 2.23. The van der Waals surface area contributed by atoms with Gasteiger partial charge in [-0.3, -0.25) is 0 Å². The lowest BCUT2D eigenvalue weighted by atomic mass is 9.98. The van der Waals surface area contributed by atoms with Crippen LogP contribution in [0.2, 0.25) is 0 Å². The fraction of sp³-hybridized carbons (Fsp3) is 0.222. The van der Waals surface area contributed by atoms with Crippen molar-refractivity contribution in [3.8, 4) is 0 Å². The average molecular weight is 296 g/mol. The molecule has 0 spiro atoms. The minimum Gasteiger partial charge on any atom is -0.461 e. The zero-order chi connectivity index (χ0) is 15.3. The van der Waals surface area contributed by atoms with Crippen LogP contribution in [0.1, 0.15) is 13.8 Å². The molecule has 0 bridgehead atoms. The van der Waals surface area contributed by atoms with Crippen molar-refractivity contribution in [1.82, 2.24) is 0 Å². The predicted molar refractivity (Wildman–Crippen MR) is 87.3 cm³/mol. The molecule has 1 aromatic heterocycles. The highest BCUT2D eigenvalue weighted by Crippen LogP contribution is 2.41. The maximum Gasteiger partial charge on any atom is 0.171 e. The van der Waals surface area contributed by atoms with Gasteiger partial charge in [-0.1, -0.05) is 12.1 Å². The van der Waals surface area contributed by atoms with E-state index in [2.05, 4.69) is 36.2 Å². The van der Waals surface area contributed by atoms with Crippen LogP contribution in [0.15, 0.2) is 53.1 Å². The summed E-state index contributed by atoms with van der Waals surface area (Å²) in [6.45, 7) is 5.11. The zero-order valence-electron chi connectivity index (χ0n) is 12.6. The highest BCUT2D eigenvalue weighted by Gasteiger charge is 2.31. The molecule has 1 aliphatic rings. The van der Waals surface area contributed by atoms with Crippen molar-refractivity contribution in [1.29, 1.82) is 0 Å². The lowest BCUT2D eigenvalue weighted by molar-refractivity contribution is 0.555. The number of halogens is 1. The number of rotatable bonds is 1. The summed E-state index contributed by atoms with van der Waals surface area (Å²) in [6.07, 6.45) is 1.54. The van der Waals surface area contributed by atoms with Gasteiger partial charge in [0.2, 0.25) is 0 Å². The van der Waals surface area contributed by atoms with E-state index in [-0.39, 0.29) is 11.4 Å². The Balaban J connectivity index is 1.94. The van der Waals surface area contributed by atoms with Crippen molar-refractivity contribution in [3.63, 3.8) is 0 Å². The number of furan rings is 1. The van der Waals surface area contributed by atoms with Crippen LogP contribution in [0.5, 0.6) is 0 Å². The van der Waals surface area contributed by atoms with E-state index >= 15 is 0 Å². The minimum atomic E-state index is -0.327. The van der Waals surface area contributed by atoms with Crippen LogP contribution in [0, 0.1) is 5.82 Å². The molecular formula is C18H17FN2O. The molecule has 0 unspecified atom stereocenters. The Kier molecular flexibility index (Phi) is 2.70. The maximum atomic E-state index is 13.9. The van der Waals surface area contributed by atoms with E-state index in [1.807, 2.05) is 24.3 Å². The van der Waals surface area contributed by atoms with E-state index in [1.54, 1.807) is 0 Å². The largest absolute Gasteiger partial charge is 0.461 e. The fourth-order valence-electron chi connectivity index (χ4n) is 3.16. The summed E-state index contributed by atoms with van der Waals surface area (Å²) < 4.78 is 19.2. The number of benzene rings is 2. The van der Waals surface area contributed by atoms with E-state index in [1.165, 1.54) is 12.3 Å². The van der Waals surface area contributed by atoms with Gasteiger partial charge in [0.15, 0.2) is 11.4 Å². The Morgan fingerprint density at radius 1 is 1.09 bits per heavy atom. The summed E-state index contributed by atoms with van der Waals surface area (Å²) in [5.41, 5.74) is 3.37. The number of nitrogens with zero attached hydrogens (tertiary/aromatic N) is 1. The molecule has 0 radical (unpaired) electrons. The Labute approximate surface area is 128 Å². The molecule has 4 heteroatoms. The van der Waals surface area contributed by atoms with Crippen molar-refractivity contribution >= 4 is 28.0 Å². The number of anilines is 3. The molecule has 112 valence electrons. The van der Waals surface area contributed by atoms with Crippen molar-refractivity contribution in [2.75, 3.05) is 16.8 Å². The molecule has 3 aromatic rings. The van der Waals surface area contributed by atoms with E-state index in [0.717, 1.165) is 29.0 Å². The van der Waals surface area contributed by atoms with Gasteiger partial charge < -0.3 is 14.6 Å². The first kappa shape index (κ1) is 13.2. The van der Waals surface area contributed by atoms with Gasteiger partial charge in [-0.15, -0.1) is 0 Å². The van der Waals surface area contributed by atoms with Crippen LogP contribution in [0.25, 0.3) is 11.0 Å². The molecular weight excluding hydrogens is 279 g/mol. The molecule has 1 aliphatic heterocycles. The van der Waals surface area contributed by atoms with E-state index in [9.17, 15) is 4.39 Å². The monoisotopic (exact) mass is 296 g/mol. The Morgan fingerprint density at radius 2 is 1.91 bits per heavy atom. The van der Waals surface area contributed by atoms with Crippen LogP contribution < -0.4 is 10.2 Å². The van der Waals surface area contributed by atoms with E-state index in [4.69, 9.17) is 4.42 Å². The maximum absolute atomic E-state index is 13.9. The molecule has 2 aromatic carbocycles. The van der Waals surface area contributed by atoms with Crippen LogP contribution in [0.3, 0.4) is 0 Å². The van der Waals surface area contributed by atoms with E-state index < -0.39 is 0 Å². The molecule has 3 nitrogen and oxygen atoms in total. The third-order valence-electron chi connectivity index (χ3n) is 4.06. The SMILES string of the molecule is CC1(C)CN(c2ccc(F)c3occc23)c2ccccc2N1. The molecule has 0 saturated carbocycles. The smallest absolute Gasteiger partial charge is 0.171 e. The summed E-state index contributed by atoms with van der Waals surface area (Å²) in [5.74, 6) is -0.327. The predicted octanol–water partition coefficient (Wildman–Crippen LogP) is 4.91. The lowest BCUT2D eigenvalue weighted by Gasteiger charge is -2.42. The van der Waals surface area contributed by atoms with Gasteiger partial charge in [0.25, 0.3) is 0 Å². The second kappa shape index (κ2) is 4.50. The third kappa shape index (κ3) is 1.95. The first-order valence-corrected chi connectivity index (χ1v) is 7.36. The van der Waals surface area contributed by atoms with Gasteiger partial charge in [-0.2, -0.15) is 0 Å². The number of hydrogen-bond donors (Lipinski definition) is 1. The van der Waals surface area contributed by atoms with Crippen molar-refractivity contribution in [3.05, 3.63) is 54.5 Å². The number of fused-ring (bicyclic) bond motifs is 2. The fourth-order valence-corrected chi connectivity index (χ4v) is 3.16.